The summed E-state index contributed by atoms with van der Waals surface area (Å²) in [4.78, 5) is 6.75. The maximum absolute atomic E-state index is 5.83. The fourth-order valence-electron chi connectivity index (χ4n) is 3.59. The molecule has 0 radical (unpaired) electrons. The first-order valence-electron chi connectivity index (χ1n) is 8.91. The van der Waals surface area contributed by atoms with Crippen LogP contribution in [0.3, 0.4) is 0 Å². The Labute approximate surface area is 148 Å². The van der Waals surface area contributed by atoms with E-state index in [9.17, 15) is 0 Å². The van der Waals surface area contributed by atoms with Crippen LogP contribution in [0.2, 0.25) is 0 Å². The van der Waals surface area contributed by atoms with Crippen molar-refractivity contribution in [2.24, 2.45) is 0 Å². The van der Waals surface area contributed by atoms with Crippen LogP contribution < -0.4 is 4.90 Å². The average molecular weight is 336 g/mol. The minimum absolute atomic E-state index is 0.235. The third kappa shape index (κ3) is 3.24. The molecule has 3 heterocycles. The molecule has 130 valence electrons. The Morgan fingerprint density at radius 2 is 1.84 bits per heavy atom. The van der Waals surface area contributed by atoms with Crippen LogP contribution in [0.15, 0.2) is 48.8 Å². The quantitative estimate of drug-likeness (QED) is 0.734. The number of ether oxygens (including phenoxy) is 1. The van der Waals surface area contributed by atoms with Crippen molar-refractivity contribution in [3.8, 4) is 0 Å². The molecule has 5 nitrogen and oxygen atoms in total. The molecule has 2 aromatic heterocycles. The van der Waals surface area contributed by atoms with Gasteiger partial charge in [-0.25, -0.2) is 9.50 Å². The van der Waals surface area contributed by atoms with Crippen molar-refractivity contribution in [1.29, 1.82) is 0 Å². The maximum atomic E-state index is 5.83. The summed E-state index contributed by atoms with van der Waals surface area (Å²) in [5.74, 6) is 0.235. The Bertz CT molecular complexity index is 815. The molecule has 5 heteroatoms. The molecule has 1 aliphatic rings. The number of hydrogen-bond acceptors (Lipinski definition) is 4. The van der Waals surface area contributed by atoms with E-state index in [1.54, 1.807) is 6.20 Å². The van der Waals surface area contributed by atoms with E-state index in [0.717, 1.165) is 24.4 Å². The van der Waals surface area contributed by atoms with Gasteiger partial charge in [0.05, 0.1) is 17.9 Å². The van der Waals surface area contributed by atoms with Crippen molar-refractivity contribution in [3.63, 3.8) is 0 Å². The average Bonchev–Trinajstić information content (AvgIpc) is 3.04. The lowest BCUT2D eigenvalue weighted by molar-refractivity contribution is -0.00521. The van der Waals surface area contributed by atoms with Crippen molar-refractivity contribution < 1.29 is 4.74 Å². The number of hydrogen-bond donors (Lipinski definition) is 0. The van der Waals surface area contributed by atoms with Crippen molar-refractivity contribution >= 4 is 11.3 Å². The second-order valence-electron chi connectivity index (χ2n) is 6.97. The summed E-state index contributed by atoms with van der Waals surface area (Å²) in [5.41, 5.74) is 4.45. The van der Waals surface area contributed by atoms with Crippen molar-refractivity contribution in [1.82, 2.24) is 14.6 Å². The zero-order valence-electron chi connectivity index (χ0n) is 15.0. The predicted molar refractivity (Wildman–Crippen MR) is 99.2 cm³/mol. The molecule has 1 aromatic carbocycles. The molecule has 1 fully saturated rings. The molecule has 4 rings (SSSR count). The zero-order valence-corrected chi connectivity index (χ0v) is 15.0. The molecule has 1 aliphatic heterocycles. The molecular formula is C20H24N4O. The Hall–Kier alpha value is -2.40. The van der Waals surface area contributed by atoms with Crippen molar-refractivity contribution in [2.75, 3.05) is 18.0 Å². The third-order valence-corrected chi connectivity index (χ3v) is 4.88. The number of nitrogens with zero attached hydrogens (tertiary/aromatic N) is 4. The summed E-state index contributed by atoms with van der Waals surface area (Å²) in [6.45, 7) is 8.34. The summed E-state index contributed by atoms with van der Waals surface area (Å²) >= 11 is 0. The first kappa shape index (κ1) is 16.1. The van der Waals surface area contributed by atoms with E-state index in [1.165, 1.54) is 11.3 Å². The molecule has 0 saturated carbocycles. The van der Waals surface area contributed by atoms with E-state index in [2.05, 4.69) is 66.1 Å². The Morgan fingerprint density at radius 3 is 2.52 bits per heavy atom. The number of rotatable bonds is 3. The minimum Gasteiger partial charge on any atom is -0.372 e. The normalized spacial score (nSPS) is 22.3. The van der Waals surface area contributed by atoms with Gasteiger partial charge in [0.15, 0.2) is 5.65 Å². The number of benzene rings is 1. The summed E-state index contributed by atoms with van der Waals surface area (Å²) in [6.07, 6.45) is 4.27. The second kappa shape index (κ2) is 6.48. The maximum Gasteiger partial charge on any atom is 0.155 e. The van der Waals surface area contributed by atoms with Crippen molar-refractivity contribution in [3.05, 3.63) is 60.0 Å². The van der Waals surface area contributed by atoms with Crippen molar-refractivity contribution in [2.45, 2.75) is 38.9 Å². The van der Waals surface area contributed by atoms with Crippen LogP contribution in [0.1, 0.15) is 37.9 Å². The largest absolute Gasteiger partial charge is 0.372 e. The van der Waals surface area contributed by atoms with Crippen LogP contribution >= 0.6 is 0 Å². The Balaban J connectivity index is 1.55. The molecule has 0 amide bonds. The fourth-order valence-corrected chi connectivity index (χ4v) is 3.59. The van der Waals surface area contributed by atoms with E-state index in [1.807, 2.05) is 16.8 Å². The molecule has 0 spiro atoms. The number of fused-ring (bicyclic) bond motifs is 1. The Morgan fingerprint density at radius 1 is 1.12 bits per heavy atom. The Kier molecular flexibility index (Phi) is 4.17. The van der Waals surface area contributed by atoms with Crippen LogP contribution in [-0.4, -0.2) is 39.9 Å². The number of morpholine rings is 1. The highest BCUT2D eigenvalue weighted by Gasteiger charge is 2.22. The van der Waals surface area contributed by atoms with Crippen LogP contribution in [0.4, 0.5) is 5.69 Å². The summed E-state index contributed by atoms with van der Waals surface area (Å²) < 4.78 is 7.66. The topological polar surface area (TPSA) is 42.7 Å². The lowest BCUT2D eigenvalue weighted by Crippen LogP contribution is -2.45. The zero-order chi connectivity index (χ0) is 17.4. The third-order valence-electron chi connectivity index (χ3n) is 4.88. The van der Waals surface area contributed by atoms with Crippen LogP contribution in [0, 0.1) is 0 Å². The van der Waals surface area contributed by atoms with Gasteiger partial charge in [-0.05, 0) is 37.6 Å². The van der Waals surface area contributed by atoms with E-state index < -0.39 is 0 Å². The highest BCUT2D eigenvalue weighted by atomic mass is 16.5. The van der Waals surface area contributed by atoms with Gasteiger partial charge in [-0.2, -0.15) is 5.10 Å². The predicted octanol–water partition coefficient (Wildman–Crippen LogP) is 3.49. The fraction of sp³-hybridized carbons (Fsp3) is 0.400. The van der Waals surface area contributed by atoms with Gasteiger partial charge in [0.1, 0.15) is 0 Å². The lowest BCUT2D eigenvalue weighted by Gasteiger charge is -2.37. The van der Waals surface area contributed by atoms with Gasteiger partial charge in [0.25, 0.3) is 0 Å². The molecule has 3 aromatic rings. The lowest BCUT2D eigenvalue weighted by atomic mass is 9.97. The molecule has 1 saturated heterocycles. The number of aromatic nitrogens is 3. The minimum atomic E-state index is 0.235. The van der Waals surface area contributed by atoms with Gasteiger partial charge >= 0.3 is 0 Å². The smallest absolute Gasteiger partial charge is 0.155 e. The van der Waals surface area contributed by atoms with Gasteiger partial charge < -0.3 is 9.64 Å². The van der Waals surface area contributed by atoms with Gasteiger partial charge in [-0.3, -0.25) is 0 Å². The molecule has 0 bridgehead atoms. The van der Waals surface area contributed by atoms with Crippen LogP contribution in [0.5, 0.6) is 0 Å². The summed E-state index contributed by atoms with van der Waals surface area (Å²) in [7, 11) is 0. The highest BCUT2D eigenvalue weighted by molar-refractivity contribution is 5.50. The molecule has 0 aliphatic carbocycles. The molecular weight excluding hydrogens is 312 g/mol. The summed E-state index contributed by atoms with van der Waals surface area (Å²) in [6, 6.07) is 12.8. The molecule has 3 atom stereocenters. The van der Waals surface area contributed by atoms with Crippen LogP contribution in [-0.2, 0) is 4.74 Å². The SMILES string of the molecule is CC1CN(c2ccc(C(C)c3cc4ncccn4n3)cc2)CC(C)O1. The van der Waals surface area contributed by atoms with E-state index in [4.69, 9.17) is 4.74 Å². The first-order valence-corrected chi connectivity index (χ1v) is 8.91. The summed E-state index contributed by atoms with van der Waals surface area (Å²) in [5, 5.41) is 4.65. The van der Waals surface area contributed by atoms with E-state index in [0.29, 0.717) is 0 Å². The molecule has 25 heavy (non-hydrogen) atoms. The highest BCUT2D eigenvalue weighted by Crippen LogP contribution is 2.27. The number of anilines is 1. The van der Waals surface area contributed by atoms with Gasteiger partial charge in [-0.1, -0.05) is 19.1 Å². The monoisotopic (exact) mass is 336 g/mol. The van der Waals surface area contributed by atoms with E-state index >= 15 is 0 Å². The standard InChI is InChI=1S/C20H24N4O/c1-14-12-23(13-15(2)25-14)18-7-5-17(6-8-18)16(3)19-11-20-21-9-4-10-24(20)22-19/h4-11,14-16H,12-13H2,1-3H3. The van der Waals surface area contributed by atoms with Gasteiger partial charge in [0, 0.05) is 43.2 Å². The van der Waals surface area contributed by atoms with Gasteiger partial charge in [0.2, 0.25) is 0 Å². The first-order chi connectivity index (χ1) is 12.1. The molecule has 0 N–H and O–H groups in total. The van der Waals surface area contributed by atoms with Gasteiger partial charge in [-0.15, -0.1) is 0 Å². The molecule has 3 unspecified atom stereocenters. The van der Waals surface area contributed by atoms with E-state index in [-0.39, 0.29) is 18.1 Å². The van der Waals surface area contributed by atoms with Crippen LogP contribution in [0.25, 0.3) is 5.65 Å². The second-order valence-corrected chi connectivity index (χ2v) is 6.97.